The number of alkyl halides is 3. The van der Waals surface area contributed by atoms with Crippen LogP contribution in [0.5, 0.6) is 0 Å². The number of carbonyl (C=O) groups excluding carboxylic acids is 4. The Balaban J connectivity index is 1.78. The number of β-lactam (4-membered cyclic amide) rings is 1. The smallest absolute Gasteiger partial charge is 0.334 e. The zero-order valence-electron chi connectivity index (χ0n) is 17.8. The Kier molecular flexibility index (Phi) is 7.45. The minimum Gasteiger partial charge on any atom is -0.614 e. The van der Waals surface area contributed by atoms with E-state index < -0.39 is 73.6 Å². The normalized spacial score (nSPS) is 26.6. The van der Waals surface area contributed by atoms with Crippen molar-refractivity contribution in [3.8, 4) is 0 Å². The number of halogens is 3. The summed E-state index contributed by atoms with van der Waals surface area (Å²) in [5, 5.41) is 1.53. The van der Waals surface area contributed by atoms with Crippen molar-refractivity contribution in [2.24, 2.45) is 0 Å². The lowest BCUT2D eigenvalue weighted by Crippen LogP contribution is -2.72. The maximum Gasteiger partial charge on any atom is 0.334 e. The zero-order valence-corrected chi connectivity index (χ0v) is 20.8. The summed E-state index contributed by atoms with van der Waals surface area (Å²) in [7, 11) is 0. The van der Waals surface area contributed by atoms with Gasteiger partial charge in [0.15, 0.2) is 16.8 Å². The van der Waals surface area contributed by atoms with Gasteiger partial charge in [0, 0.05) is 12.5 Å². The summed E-state index contributed by atoms with van der Waals surface area (Å²) in [6.45, 7) is 3.69. The summed E-state index contributed by atoms with van der Waals surface area (Å²) < 4.78 is 20.3. The molecule has 2 heterocycles. The topological polar surface area (TPSA) is 125 Å². The van der Waals surface area contributed by atoms with Gasteiger partial charge in [-0.1, -0.05) is 65.1 Å². The van der Waals surface area contributed by atoms with Crippen LogP contribution in [-0.4, -0.2) is 65.8 Å². The number of rotatable bonds is 6. The van der Waals surface area contributed by atoms with Crippen molar-refractivity contribution in [1.82, 2.24) is 10.2 Å². The predicted octanol–water partition coefficient (Wildman–Crippen LogP) is 1.77. The van der Waals surface area contributed by atoms with Crippen LogP contribution in [0.15, 0.2) is 30.3 Å². The number of ether oxygens (including phenoxy) is 2. The Morgan fingerprint density at radius 3 is 2.39 bits per heavy atom. The average molecular weight is 540 g/mol. The maximum atomic E-state index is 13.2. The minimum absolute atomic E-state index is 0.398. The van der Waals surface area contributed by atoms with Crippen molar-refractivity contribution in [2.75, 3.05) is 6.61 Å². The van der Waals surface area contributed by atoms with Crippen molar-refractivity contribution < 1.29 is 33.2 Å². The third-order valence-corrected chi connectivity index (χ3v) is 7.80. The van der Waals surface area contributed by atoms with Gasteiger partial charge in [-0.05, 0) is 25.0 Å². The van der Waals surface area contributed by atoms with E-state index in [0.717, 1.165) is 11.8 Å². The fourth-order valence-corrected chi connectivity index (χ4v) is 5.88. The lowest BCUT2D eigenvalue weighted by atomic mass is 9.95. The molecule has 0 aliphatic carbocycles. The van der Waals surface area contributed by atoms with Crippen LogP contribution < -0.4 is 5.32 Å². The molecule has 2 amide bonds. The highest BCUT2D eigenvalue weighted by Gasteiger charge is 2.73. The van der Waals surface area contributed by atoms with Crippen LogP contribution in [0.25, 0.3) is 0 Å². The van der Waals surface area contributed by atoms with E-state index in [-0.39, 0.29) is 0 Å². The SMILES string of the molecule is CC(=O)OC(C(=O)NC1C(=O)N2C(C(=O)OCC(Cl)(Cl)Cl)C(C)(C)[S+]([O-])[C@@H]12)c1ccccc1. The molecule has 5 atom stereocenters. The Morgan fingerprint density at radius 2 is 1.85 bits per heavy atom. The van der Waals surface area contributed by atoms with Gasteiger partial charge in [0.1, 0.15) is 6.61 Å². The van der Waals surface area contributed by atoms with E-state index in [4.69, 9.17) is 44.3 Å². The molecule has 1 N–H and O–H groups in total. The van der Waals surface area contributed by atoms with E-state index in [1.165, 1.54) is 0 Å². The van der Waals surface area contributed by atoms with Crippen molar-refractivity contribution in [3.05, 3.63) is 35.9 Å². The molecule has 0 bridgehead atoms. The number of hydrogen-bond acceptors (Lipinski definition) is 7. The van der Waals surface area contributed by atoms with Gasteiger partial charge in [-0.15, -0.1) is 0 Å². The molecule has 3 rings (SSSR count). The van der Waals surface area contributed by atoms with Gasteiger partial charge in [-0.3, -0.25) is 19.3 Å². The van der Waals surface area contributed by atoms with Crippen LogP contribution in [0.2, 0.25) is 0 Å². The molecule has 2 aliphatic rings. The molecule has 9 nitrogen and oxygen atoms in total. The Morgan fingerprint density at radius 1 is 1.24 bits per heavy atom. The van der Waals surface area contributed by atoms with Crippen molar-refractivity contribution in [2.45, 2.75) is 52.9 Å². The van der Waals surface area contributed by atoms with Gasteiger partial charge >= 0.3 is 11.9 Å². The first kappa shape index (κ1) is 25.9. The van der Waals surface area contributed by atoms with E-state index in [2.05, 4.69) is 5.32 Å². The lowest BCUT2D eigenvalue weighted by molar-refractivity contribution is -0.165. The van der Waals surface area contributed by atoms with E-state index in [9.17, 15) is 23.7 Å². The number of nitrogens with one attached hydrogen (secondary N) is 1. The summed E-state index contributed by atoms with van der Waals surface area (Å²) in [4.78, 5) is 51.1. The van der Waals surface area contributed by atoms with Gasteiger partial charge in [-0.25, -0.2) is 4.79 Å². The molecule has 2 saturated heterocycles. The second-order valence-corrected chi connectivity index (χ2v) is 12.7. The van der Waals surface area contributed by atoms with E-state index >= 15 is 0 Å². The third kappa shape index (κ3) is 5.19. The van der Waals surface area contributed by atoms with Crippen LogP contribution in [0.1, 0.15) is 32.4 Å². The lowest BCUT2D eigenvalue weighted by Gasteiger charge is -2.41. The molecule has 13 heteroatoms. The fraction of sp³-hybridized carbons (Fsp3) is 0.500. The van der Waals surface area contributed by atoms with Gasteiger partial charge in [-0.2, -0.15) is 0 Å². The Labute approximate surface area is 208 Å². The first-order chi connectivity index (χ1) is 15.3. The molecule has 1 aromatic carbocycles. The van der Waals surface area contributed by atoms with Crippen molar-refractivity contribution in [1.29, 1.82) is 0 Å². The Hall–Kier alpha value is -1.72. The molecule has 0 spiro atoms. The molecule has 0 radical (unpaired) electrons. The molecule has 2 fully saturated rings. The molecule has 0 saturated carbocycles. The zero-order chi connectivity index (χ0) is 24.7. The molecule has 1 aromatic rings. The molecular formula is C20H21Cl3N2O7S. The standard InChI is InChI=1S/C20H21Cl3N2O7S/c1-10(26)32-13(11-7-5-4-6-8-11)15(27)24-12-16(28)25-14(18(29)31-9-20(21,22)23)19(2,3)33(30)17(12)25/h4-8,12-14,17H,9H2,1-3H3,(H,24,27)/t12?,13?,14?,17-,33?/m0/s1. The second kappa shape index (κ2) is 9.50. The van der Waals surface area contributed by atoms with Crippen LogP contribution in [0, 0.1) is 0 Å². The third-order valence-electron chi connectivity index (χ3n) is 5.28. The monoisotopic (exact) mass is 538 g/mol. The van der Waals surface area contributed by atoms with Gasteiger partial charge in [0.05, 0.1) is 0 Å². The number of nitrogens with zero attached hydrogens (tertiary/aromatic N) is 1. The van der Waals surface area contributed by atoms with Gasteiger partial charge in [0.25, 0.3) is 11.8 Å². The van der Waals surface area contributed by atoms with Gasteiger partial charge < -0.3 is 19.3 Å². The molecular weight excluding hydrogens is 519 g/mol. The summed E-state index contributed by atoms with van der Waals surface area (Å²) >= 11 is 15.1. The minimum atomic E-state index is -1.85. The highest BCUT2D eigenvalue weighted by atomic mass is 35.6. The summed E-state index contributed by atoms with van der Waals surface area (Å²) in [5.74, 6) is -2.95. The number of hydrogen-bond donors (Lipinski definition) is 1. The molecule has 33 heavy (non-hydrogen) atoms. The van der Waals surface area contributed by atoms with E-state index in [1.807, 2.05) is 0 Å². The summed E-state index contributed by atoms with van der Waals surface area (Å²) in [5.41, 5.74) is 0.398. The number of amides is 2. The summed E-state index contributed by atoms with van der Waals surface area (Å²) in [6, 6.07) is 5.87. The fourth-order valence-electron chi connectivity index (χ4n) is 3.80. The van der Waals surface area contributed by atoms with Crippen molar-refractivity contribution >= 4 is 69.7 Å². The highest BCUT2D eigenvalue weighted by Crippen LogP contribution is 2.46. The van der Waals surface area contributed by atoms with Crippen LogP contribution in [0.3, 0.4) is 0 Å². The van der Waals surface area contributed by atoms with Crippen LogP contribution in [-0.2, 0) is 39.8 Å². The van der Waals surface area contributed by atoms with Crippen LogP contribution >= 0.6 is 34.8 Å². The highest BCUT2D eigenvalue weighted by molar-refractivity contribution is 7.94. The summed E-state index contributed by atoms with van der Waals surface area (Å²) in [6.07, 6.45) is -1.31. The molecule has 4 unspecified atom stereocenters. The molecule has 0 aromatic heterocycles. The Bertz CT molecular complexity index is 957. The first-order valence-corrected chi connectivity index (χ1v) is 12.1. The molecule has 2 aliphatic heterocycles. The largest absolute Gasteiger partial charge is 0.614 e. The second-order valence-electron chi connectivity index (χ2n) is 8.05. The molecule has 180 valence electrons. The first-order valence-electron chi connectivity index (χ1n) is 9.74. The maximum absolute atomic E-state index is 13.2. The van der Waals surface area contributed by atoms with E-state index in [1.54, 1.807) is 44.2 Å². The average Bonchev–Trinajstić information content (AvgIpc) is 2.92. The quantitative estimate of drug-likeness (QED) is 0.253. The van der Waals surface area contributed by atoms with Gasteiger partial charge in [0.2, 0.25) is 15.3 Å². The number of esters is 2. The van der Waals surface area contributed by atoms with Crippen molar-refractivity contribution in [3.63, 3.8) is 0 Å². The predicted molar refractivity (Wildman–Crippen MR) is 121 cm³/mol. The van der Waals surface area contributed by atoms with E-state index in [0.29, 0.717) is 5.56 Å². The van der Waals surface area contributed by atoms with Crippen LogP contribution in [0.4, 0.5) is 0 Å². The number of fused-ring (bicyclic) bond motifs is 1. The number of benzene rings is 1. The number of carbonyl (C=O) groups is 4.